The molecule has 4 heteroatoms. The van der Waals surface area contributed by atoms with Crippen LogP contribution in [0.5, 0.6) is 0 Å². The molecule has 0 fully saturated rings. The zero-order valence-electron chi connectivity index (χ0n) is 8.03. The smallest absolute Gasteiger partial charge is 0.266 e. The van der Waals surface area contributed by atoms with Crippen molar-refractivity contribution in [3.63, 3.8) is 0 Å². The van der Waals surface area contributed by atoms with Crippen LogP contribution >= 0.6 is 0 Å². The lowest BCUT2D eigenvalue weighted by atomic mass is 9.94. The van der Waals surface area contributed by atoms with Crippen molar-refractivity contribution >= 4 is 0 Å². The van der Waals surface area contributed by atoms with E-state index in [1.807, 2.05) is 13.8 Å². The molecule has 0 aliphatic carbocycles. The molecular weight excluding hydrogens is 166 g/mol. The Kier molecular flexibility index (Phi) is 2.83. The highest BCUT2D eigenvalue weighted by Crippen LogP contribution is 2.13. The second-order valence-electron chi connectivity index (χ2n) is 3.89. The Morgan fingerprint density at radius 2 is 2.31 bits per heavy atom. The van der Waals surface area contributed by atoms with Gasteiger partial charge in [-0.15, -0.1) is 0 Å². The first-order valence-corrected chi connectivity index (χ1v) is 4.27. The van der Waals surface area contributed by atoms with Gasteiger partial charge in [-0.3, -0.25) is 4.79 Å². The molecule has 0 aliphatic heterocycles. The number of nitrogens with two attached hydrogens (primary N) is 1. The standard InChI is InChI=1S/C9H15N3O/c1-9(2,6-10)7-12-8(13)4-3-5-11-12/h3-5H,6-7,10H2,1-2H3. The maximum atomic E-state index is 11.3. The van der Waals surface area contributed by atoms with E-state index in [-0.39, 0.29) is 11.0 Å². The van der Waals surface area contributed by atoms with Crippen molar-refractivity contribution in [3.8, 4) is 0 Å². The lowest BCUT2D eigenvalue weighted by Gasteiger charge is -2.21. The van der Waals surface area contributed by atoms with Crippen LogP contribution in [-0.4, -0.2) is 16.3 Å². The SMILES string of the molecule is CC(C)(CN)Cn1ncccc1=O. The van der Waals surface area contributed by atoms with Crippen LogP contribution in [0, 0.1) is 5.41 Å². The molecule has 4 nitrogen and oxygen atoms in total. The van der Waals surface area contributed by atoms with Gasteiger partial charge in [0.15, 0.2) is 0 Å². The molecule has 0 aliphatic rings. The highest BCUT2D eigenvalue weighted by Gasteiger charge is 2.16. The molecule has 0 aromatic carbocycles. The predicted octanol–water partition coefficient (Wildman–Crippen LogP) is 0.228. The van der Waals surface area contributed by atoms with Gasteiger partial charge in [0.05, 0.1) is 6.54 Å². The quantitative estimate of drug-likeness (QED) is 0.726. The van der Waals surface area contributed by atoms with Crippen molar-refractivity contribution in [3.05, 3.63) is 28.7 Å². The molecule has 0 saturated carbocycles. The second-order valence-corrected chi connectivity index (χ2v) is 3.89. The number of rotatable bonds is 3. The number of nitrogens with zero attached hydrogens (tertiary/aromatic N) is 2. The summed E-state index contributed by atoms with van der Waals surface area (Å²) in [5.41, 5.74) is 5.40. The van der Waals surface area contributed by atoms with Crippen LogP contribution in [-0.2, 0) is 6.54 Å². The highest BCUT2D eigenvalue weighted by molar-refractivity contribution is 4.85. The topological polar surface area (TPSA) is 60.9 Å². The second kappa shape index (κ2) is 3.70. The van der Waals surface area contributed by atoms with E-state index in [4.69, 9.17) is 5.73 Å². The number of hydrogen-bond donors (Lipinski definition) is 1. The Hall–Kier alpha value is -1.16. The fourth-order valence-corrected chi connectivity index (χ4v) is 0.976. The third-order valence-corrected chi connectivity index (χ3v) is 1.92. The minimum Gasteiger partial charge on any atom is -0.330 e. The van der Waals surface area contributed by atoms with Crippen LogP contribution in [0.3, 0.4) is 0 Å². The molecule has 0 radical (unpaired) electrons. The number of aromatic nitrogens is 2. The zero-order valence-corrected chi connectivity index (χ0v) is 8.03. The van der Waals surface area contributed by atoms with Crippen molar-refractivity contribution in [1.29, 1.82) is 0 Å². The fraction of sp³-hybridized carbons (Fsp3) is 0.556. The Balaban J connectivity index is 2.87. The summed E-state index contributed by atoms with van der Waals surface area (Å²) in [6.07, 6.45) is 1.61. The van der Waals surface area contributed by atoms with Gasteiger partial charge in [-0.25, -0.2) is 4.68 Å². The average Bonchev–Trinajstić information content (AvgIpc) is 2.09. The Bertz CT molecular complexity index is 330. The van der Waals surface area contributed by atoms with Gasteiger partial charge in [0.2, 0.25) is 0 Å². The minimum atomic E-state index is -0.0851. The Morgan fingerprint density at radius 1 is 1.62 bits per heavy atom. The first-order valence-electron chi connectivity index (χ1n) is 4.27. The summed E-state index contributed by atoms with van der Waals surface area (Å²) in [5.74, 6) is 0. The van der Waals surface area contributed by atoms with E-state index in [1.165, 1.54) is 10.7 Å². The van der Waals surface area contributed by atoms with E-state index >= 15 is 0 Å². The van der Waals surface area contributed by atoms with Crippen LogP contribution in [0.15, 0.2) is 23.1 Å². The van der Waals surface area contributed by atoms with Gasteiger partial charge in [-0.2, -0.15) is 5.10 Å². The van der Waals surface area contributed by atoms with Crippen molar-refractivity contribution in [2.24, 2.45) is 11.1 Å². The molecule has 0 amide bonds. The molecule has 1 aromatic rings. The molecule has 1 rings (SSSR count). The maximum Gasteiger partial charge on any atom is 0.266 e. The van der Waals surface area contributed by atoms with Crippen LogP contribution in [0.25, 0.3) is 0 Å². The first-order chi connectivity index (χ1) is 6.05. The molecule has 2 N–H and O–H groups in total. The van der Waals surface area contributed by atoms with Crippen LogP contribution < -0.4 is 11.3 Å². The molecule has 0 saturated heterocycles. The minimum absolute atomic E-state index is 0.0796. The van der Waals surface area contributed by atoms with Crippen molar-refractivity contribution in [2.45, 2.75) is 20.4 Å². The molecule has 13 heavy (non-hydrogen) atoms. The van der Waals surface area contributed by atoms with E-state index in [0.29, 0.717) is 13.1 Å². The van der Waals surface area contributed by atoms with Crippen molar-refractivity contribution in [1.82, 2.24) is 9.78 Å². The molecule has 0 bridgehead atoms. The zero-order chi connectivity index (χ0) is 9.90. The summed E-state index contributed by atoms with van der Waals surface area (Å²) >= 11 is 0. The third kappa shape index (κ3) is 2.66. The Morgan fingerprint density at radius 3 is 2.85 bits per heavy atom. The fourth-order valence-electron chi connectivity index (χ4n) is 0.976. The van der Waals surface area contributed by atoms with Crippen molar-refractivity contribution in [2.75, 3.05) is 6.54 Å². The lowest BCUT2D eigenvalue weighted by Crippen LogP contribution is -2.34. The molecule has 0 atom stereocenters. The number of hydrogen-bond acceptors (Lipinski definition) is 3. The summed E-state index contributed by atoms with van der Waals surface area (Å²) in [7, 11) is 0. The molecular formula is C9H15N3O. The molecule has 0 unspecified atom stereocenters. The lowest BCUT2D eigenvalue weighted by molar-refractivity contribution is 0.294. The summed E-state index contributed by atoms with van der Waals surface area (Å²) in [6.45, 7) is 5.11. The largest absolute Gasteiger partial charge is 0.330 e. The van der Waals surface area contributed by atoms with E-state index in [0.717, 1.165) is 0 Å². The van der Waals surface area contributed by atoms with Gasteiger partial charge < -0.3 is 5.73 Å². The van der Waals surface area contributed by atoms with Gasteiger partial charge in [0, 0.05) is 12.3 Å². The summed E-state index contributed by atoms with van der Waals surface area (Å²) in [5, 5.41) is 3.96. The molecule has 0 spiro atoms. The van der Waals surface area contributed by atoms with E-state index in [1.54, 1.807) is 12.3 Å². The third-order valence-electron chi connectivity index (χ3n) is 1.92. The summed E-state index contributed by atoms with van der Waals surface area (Å²) in [6, 6.07) is 3.13. The Labute approximate surface area is 77.4 Å². The summed E-state index contributed by atoms with van der Waals surface area (Å²) < 4.78 is 1.44. The monoisotopic (exact) mass is 181 g/mol. The van der Waals surface area contributed by atoms with Gasteiger partial charge in [0.25, 0.3) is 5.56 Å². The summed E-state index contributed by atoms with van der Waals surface area (Å²) in [4.78, 5) is 11.3. The van der Waals surface area contributed by atoms with E-state index < -0.39 is 0 Å². The normalized spacial score (nSPS) is 11.6. The van der Waals surface area contributed by atoms with E-state index in [2.05, 4.69) is 5.10 Å². The molecule has 72 valence electrons. The van der Waals surface area contributed by atoms with Crippen LogP contribution in [0.2, 0.25) is 0 Å². The predicted molar refractivity (Wildman–Crippen MR) is 51.3 cm³/mol. The van der Waals surface area contributed by atoms with Crippen LogP contribution in [0.4, 0.5) is 0 Å². The van der Waals surface area contributed by atoms with Gasteiger partial charge in [-0.05, 0) is 18.0 Å². The van der Waals surface area contributed by atoms with Gasteiger partial charge in [0.1, 0.15) is 0 Å². The maximum absolute atomic E-state index is 11.3. The van der Waals surface area contributed by atoms with Gasteiger partial charge >= 0.3 is 0 Å². The average molecular weight is 181 g/mol. The van der Waals surface area contributed by atoms with Gasteiger partial charge in [-0.1, -0.05) is 13.8 Å². The van der Waals surface area contributed by atoms with E-state index in [9.17, 15) is 4.79 Å². The van der Waals surface area contributed by atoms with Crippen molar-refractivity contribution < 1.29 is 0 Å². The van der Waals surface area contributed by atoms with Crippen LogP contribution in [0.1, 0.15) is 13.8 Å². The molecule has 1 aromatic heterocycles. The molecule has 1 heterocycles. The highest BCUT2D eigenvalue weighted by atomic mass is 16.1. The first kappa shape index (κ1) is 9.92.